The average Bonchev–Trinajstić information content (AvgIpc) is 3.75. The van der Waals surface area contributed by atoms with E-state index in [1.54, 1.807) is 18.5 Å². The van der Waals surface area contributed by atoms with Crippen molar-refractivity contribution in [3.05, 3.63) is 54.4 Å². The summed E-state index contributed by atoms with van der Waals surface area (Å²) in [7, 11) is 0. The maximum absolute atomic E-state index is 13.4. The summed E-state index contributed by atoms with van der Waals surface area (Å²) in [5.74, 6) is -0.275. The molecule has 39 heavy (non-hydrogen) atoms. The molecule has 0 atom stereocenters. The molecule has 5 heterocycles. The van der Waals surface area contributed by atoms with Crippen LogP contribution in [0, 0.1) is 0 Å². The van der Waals surface area contributed by atoms with Gasteiger partial charge in [0.2, 0.25) is 5.89 Å². The van der Waals surface area contributed by atoms with Crippen molar-refractivity contribution >= 4 is 11.6 Å². The van der Waals surface area contributed by atoms with E-state index in [1.165, 1.54) is 24.6 Å². The largest absolute Gasteiger partial charge is 0.444 e. The molecule has 2 aliphatic rings. The fourth-order valence-electron chi connectivity index (χ4n) is 5.26. The number of aromatic amines is 1. The lowest BCUT2D eigenvalue weighted by molar-refractivity contribution is 0.00507. The summed E-state index contributed by atoms with van der Waals surface area (Å²) in [6.07, 6.45) is 7.29. The number of nitrogens with zero attached hydrogens (tertiary/aromatic N) is 6. The second-order valence-corrected chi connectivity index (χ2v) is 9.71. The van der Waals surface area contributed by atoms with E-state index in [-0.39, 0.29) is 29.0 Å². The number of oxazole rings is 1. The third-order valence-electron chi connectivity index (χ3n) is 7.30. The Kier molecular flexibility index (Phi) is 7.16. The van der Waals surface area contributed by atoms with Gasteiger partial charge in [-0.2, -0.15) is 10.2 Å². The SMILES string of the molecule is O=C(Nc1cn([C@H]2CC[C@H](N3CCOCC3)CC2)nc1-c1cccc(C(F)F)n1)c1coc(-c2cn[nH]c2)n1. The second-order valence-electron chi connectivity index (χ2n) is 9.71. The number of aromatic nitrogens is 6. The van der Waals surface area contributed by atoms with Crippen LogP contribution in [0.2, 0.25) is 0 Å². The molecule has 1 aliphatic carbocycles. The predicted octanol–water partition coefficient (Wildman–Crippen LogP) is 4.33. The number of alkyl halides is 2. The molecule has 0 bridgehead atoms. The molecule has 6 rings (SSSR count). The molecule has 0 aromatic carbocycles. The zero-order valence-electron chi connectivity index (χ0n) is 21.1. The van der Waals surface area contributed by atoms with Crippen molar-refractivity contribution < 1.29 is 22.7 Å². The average molecular weight is 539 g/mol. The highest BCUT2D eigenvalue weighted by molar-refractivity contribution is 6.04. The van der Waals surface area contributed by atoms with Crippen LogP contribution in [0.1, 0.15) is 54.3 Å². The van der Waals surface area contributed by atoms with Gasteiger partial charge in [0.1, 0.15) is 17.7 Å². The number of morpholine rings is 1. The molecular formula is C26H28F2N8O3. The van der Waals surface area contributed by atoms with Crippen molar-refractivity contribution in [1.29, 1.82) is 0 Å². The van der Waals surface area contributed by atoms with Crippen molar-refractivity contribution in [2.75, 3.05) is 31.6 Å². The van der Waals surface area contributed by atoms with Gasteiger partial charge in [0.15, 0.2) is 5.69 Å². The van der Waals surface area contributed by atoms with Crippen molar-refractivity contribution in [3.63, 3.8) is 0 Å². The number of carbonyl (C=O) groups is 1. The number of anilines is 1. The van der Waals surface area contributed by atoms with Crippen LogP contribution in [0.15, 0.2) is 47.5 Å². The number of halogens is 2. The van der Waals surface area contributed by atoms with Gasteiger partial charge in [-0.15, -0.1) is 0 Å². The first-order chi connectivity index (χ1) is 19.0. The Morgan fingerprint density at radius 2 is 1.90 bits per heavy atom. The highest BCUT2D eigenvalue weighted by Crippen LogP contribution is 2.35. The normalized spacial score (nSPS) is 20.4. The van der Waals surface area contributed by atoms with Crippen LogP contribution in [0.25, 0.3) is 22.8 Å². The Hall–Kier alpha value is -3.97. The van der Waals surface area contributed by atoms with Gasteiger partial charge in [-0.25, -0.2) is 18.7 Å². The second kappa shape index (κ2) is 11.0. The van der Waals surface area contributed by atoms with E-state index in [4.69, 9.17) is 14.3 Å². The van der Waals surface area contributed by atoms with Gasteiger partial charge in [0, 0.05) is 31.5 Å². The Morgan fingerprint density at radius 1 is 1.10 bits per heavy atom. The van der Waals surface area contributed by atoms with Crippen LogP contribution in [-0.2, 0) is 4.74 Å². The number of rotatable bonds is 7. The van der Waals surface area contributed by atoms with Crippen LogP contribution < -0.4 is 5.32 Å². The van der Waals surface area contributed by atoms with E-state index in [0.717, 1.165) is 52.0 Å². The standard InChI is InChI=1S/C26H28F2N8O3/c27-24(28)20-3-1-2-19(31-20)23-21(32-25(37)22-15-39-26(33-22)16-12-29-30-13-16)14-36(34-23)18-6-4-17(5-7-18)35-8-10-38-11-9-35/h1-3,12-15,17-18,24H,4-11H2,(H,29,30)(H,32,37)/t17-,18-. The maximum Gasteiger partial charge on any atom is 0.280 e. The van der Waals surface area contributed by atoms with Crippen molar-refractivity contribution in [2.45, 2.75) is 44.2 Å². The van der Waals surface area contributed by atoms with Crippen LogP contribution in [-0.4, -0.2) is 73.1 Å². The zero-order chi connectivity index (χ0) is 26.8. The number of hydrogen-bond donors (Lipinski definition) is 2. The molecule has 1 amide bonds. The summed E-state index contributed by atoms with van der Waals surface area (Å²) in [5.41, 5.74) is 1.24. The molecule has 11 nitrogen and oxygen atoms in total. The van der Waals surface area contributed by atoms with Gasteiger partial charge < -0.3 is 14.5 Å². The van der Waals surface area contributed by atoms with E-state index in [1.807, 2.05) is 4.68 Å². The highest BCUT2D eigenvalue weighted by Gasteiger charge is 2.29. The van der Waals surface area contributed by atoms with E-state index in [2.05, 4.69) is 30.4 Å². The number of amides is 1. The third kappa shape index (κ3) is 5.45. The minimum absolute atomic E-state index is 0.0604. The molecule has 4 aromatic heterocycles. The summed E-state index contributed by atoms with van der Waals surface area (Å²) in [6, 6.07) is 5.02. The molecule has 1 aliphatic heterocycles. The van der Waals surface area contributed by atoms with Crippen molar-refractivity contribution in [1.82, 2.24) is 34.8 Å². The van der Waals surface area contributed by atoms with Crippen LogP contribution in [0.4, 0.5) is 14.5 Å². The molecule has 1 saturated carbocycles. The van der Waals surface area contributed by atoms with Crippen molar-refractivity contribution in [2.24, 2.45) is 0 Å². The van der Waals surface area contributed by atoms with E-state index in [0.29, 0.717) is 23.0 Å². The molecular weight excluding hydrogens is 510 g/mol. The number of carbonyl (C=O) groups excluding carboxylic acids is 1. The number of H-pyrrole nitrogens is 1. The minimum Gasteiger partial charge on any atom is -0.444 e. The Bertz CT molecular complexity index is 1410. The molecule has 2 fully saturated rings. The molecule has 0 radical (unpaired) electrons. The monoisotopic (exact) mass is 538 g/mol. The maximum atomic E-state index is 13.4. The van der Waals surface area contributed by atoms with Gasteiger partial charge in [-0.1, -0.05) is 6.07 Å². The first-order valence-electron chi connectivity index (χ1n) is 13.0. The quantitative estimate of drug-likeness (QED) is 0.356. The number of nitrogens with one attached hydrogen (secondary N) is 2. The molecule has 204 valence electrons. The van der Waals surface area contributed by atoms with Gasteiger partial charge >= 0.3 is 0 Å². The Labute approximate surface area is 222 Å². The number of ether oxygens (including phenoxy) is 1. The van der Waals surface area contributed by atoms with Crippen molar-refractivity contribution in [3.8, 4) is 22.8 Å². The number of pyridine rings is 1. The lowest BCUT2D eigenvalue weighted by Crippen LogP contribution is -2.45. The molecule has 4 aromatic rings. The minimum atomic E-state index is -2.72. The molecule has 0 unspecified atom stereocenters. The van der Waals surface area contributed by atoms with Gasteiger partial charge in [0.05, 0.1) is 42.4 Å². The van der Waals surface area contributed by atoms with Crippen LogP contribution in [0.3, 0.4) is 0 Å². The van der Waals surface area contributed by atoms with Crippen LogP contribution in [0.5, 0.6) is 0 Å². The lowest BCUT2D eigenvalue weighted by atomic mass is 9.90. The Morgan fingerprint density at radius 3 is 2.64 bits per heavy atom. The zero-order valence-corrected chi connectivity index (χ0v) is 21.1. The highest BCUT2D eigenvalue weighted by atomic mass is 19.3. The van der Waals surface area contributed by atoms with Gasteiger partial charge in [0.25, 0.3) is 12.3 Å². The predicted molar refractivity (Wildman–Crippen MR) is 136 cm³/mol. The summed E-state index contributed by atoms with van der Waals surface area (Å²) < 4.78 is 39.6. The summed E-state index contributed by atoms with van der Waals surface area (Å²) >= 11 is 0. The van der Waals surface area contributed by atoms with Gasteiger partial charge in [-0.05, 0) is 37.8 Å². The summed E-state index contributed by atoms with van der Waals surface area (Å²) in [6.45, 7) is 3.44. The fourth-order valence-corrected chi connectivity index (χ4v) is 5.26. The molecule has 13 heteroatoms. The Balaban J connectivity index is 1.25. The summed E-state index contributed by atoms with van der Waals surface area (Å²) in [4.78, 5) is 24.0. The van der Waals surface area contributed by atoms with Crippen LogP contribution >= 0.6 is 0 Å². The smallest absolute Gasteiger partial charge is 0.280 e. The first-order valence-corrected chi connectivity index (χ1v) is 13.0. The van der Waals surface area contributed by atoms with E-state index < -0.39 is 12.3 Å². The van der Waals surface area contributed by atoms with E-state index >= 15 is 0 Å². The number of hydrogen-bond acceptors (Lipinski definition) is 8. The summed E-state index contributed by atoms with van der Waals surface area (Å²) in [5, 5.41) is 14.1. The molecule has 0 spiro atoms. The topological polar surface area (TPSA) is 127 Å². The third-order valence-corrected chi connectivity index (χ3v) is 7.30. The fraction of sp³-hybridized carbons (Fsp3) is 0.423. The first kappa shape index (κ1) is 25.3. The van der Waals surface area contributed by atoms with Gasteiger partial charge in [-0.3, -0.25) is 19.5 Å². The molecule has 2 N–H and O–H groups in total. The van der Waals surface area contributed by atoms with E-state index in [9.17, 15) is 13.6 Å². The lowest BCUT2D eigenvalue weighted by Gasteiger charge is -2.38. The molecule has 1 saturated heterocycles.